The van der Waals surface area contributed by atoms with Gasteiger partial charge < -0.3 is 24.6 Å². The summed E-state index contributed by atoms with van der Waals surface area (Å²) in [4.78, 5) is 15.6. The SMILES string of the molecule is COc1ccc(CN(c2nc(Nc3cc(C#N)cc(N4CCN(C5COC5)CC(F)C4)c3Cl)nn3c(C#N)cnc23)C2CC2)cc1. The van der Waals surface area contributed by atoms with Crippen molar-refractivity contribution in [2.45, 2.75) is 37.6 Å². The number of halogens is 2. The van der Waals surface area contributed by atoms with Crippen molar-refractivity contribution in [3.05, 3.63) is 64.4 Å². The lowest BCUT2D eigenvalue weighted by Crippen LogP contribution is -2.51. The van der Waals surface area contributed by atoms with Gasteiger partial charge in [-0.3, -0.25) is 4.90 Å². The lowest BCUT2D eigenvalue weighted by molar-refractivity contribution is -0.0668. The second-order valence-corrected chi connectivity index (χ2v) is 12.2. The van der Waals surface area contributed by atoms with E-state index >= 15 is 4.39 Å². The maximum absolute atomic E-state index is 15.2. The molecule has 14 heteroatoms. The quantitative estimate of drug-likeness (QED) is 0.280. The van der Waals surface area contributed by atoms with Gasteiger partial charge in [-0.2, -0.15) is 20.0 Å². The maximum Gasteiger partial charge on any atom is 0.247 e. The summed E-state index contributed by atoms with van der Waals surface area (Å²) in [7, 11) is 1.63. The molecule has 1 aliphatic carbocycles. The van der Waals surface area contributed by atoms with E-state index in [1.165, 1.54) is 10.7 Å². The van der Waals surface area contributed by atoms with Gasteiger partial charge in [0.1, 0.15) is 18.0 Å². The molecule has 0 bridgehead atoms. The first-order chi connectivity index (χ1) is 22.4. The molecule has 4 aromatic rings. The van der Waals surface area contributed by atoms with Crippen molar-refractivity contribution in [1.29, 1.82) is 10.5 Å². The van der Waals surface area contributed by atoms with Crippen LogP contribution < -0.4 is 19.9 Å². The smallest absolute Gasteiger partial charge is 0.247 e. The molecule has 1 atom stereocenters. The zero-order valence-corrected chi connectivity index (χ0v) is 26.0. The van der Waals surface area contributed by atoms with E-state index in [1.54, 1.807) is 19.2 Å². The normalized spacial score (nSPS) is 18.8. The van der Waals surface area contributed by atoms with Crippen molar-refractivity contribution < 1.29 is 13.9 Å². The molecule has 46 heavy (non-hydrogen) atoms. The second kappa shape index (κ2) is 12.6. The van der Waals surface area contributed by atoms with Crippen LogP contribution in [0.15, 0.2) is 42.6 Å². The Labute approximate surface area is 270 Å². The van der Waals surface area contributed by atoms with Crippen LogP contribution in [-0.2, 0) is 11.3 Å². The van der Waals surface area contributed by atoms with Gasteiger partial charge in [0.15, 0.2) is 17.2 Å². The summed E-state index contributed by atoms with van der Waals surface area (Å²) >= 11 is 6.99. The van der Waals surface area contributed by atoms with Gasteiger partial charge in [0.05, 0.1) is 67.1 Å². The molecule has 0 amide bonds. The molecular formula is C32H32ClFN10O2. The van der Waals surface area contributed by atoms with E-state index in [0.717, 1.165) is 24.2 Å². The number of rotatable bonds is 9. The third-order valence-electron chi connectivity index (χ3n) is 8.65. The third kappa shape index (κ3) is 5.97. The van der Waals surface area contributed by atoms with Crippen LogP contribution in [0.1, 0.15) is 29.7 Å². The zero-order chi connectivity index (χ0) is 31.8. The molecule has 3 aliphatic rings. The van der Waals surface area contributed by atoms with Crippen LogP contribution in [0.2, 0.25) is 5.02 Å². The molecule has 1 saturated carbocycles. The predicted octanol–water partition coefficient (Wildman–Crippen LogP) is 4.30. The Morgan fingerprint density at radius 2 is 1.93 bits per heavy atom. The van der Waals surface area contributed by atoms with Crippen LogP contribution in [0.4, 0.5) is 27.5 Å². The molecule has 236 valence electrons. The third-order valence-corrected chi connectivity index (χ3v) is 9.04. The van der Waals surface area contributed by atoms with Crippen molar-refractivity contribution in [1.82, 2.24) is 24.5 Å². The van der Waals surface area contributed by atoms with Gasteiger partial charge in [-0.25, -0.2) is 9.37 Å². The molecule has 0 spiro atoms. The minimum Gasteiger partial charge on any atom is -0.497 e. The number of hydrogen-bond donors (Lipinski definition) is 1. The molecule has 2 aliphatic heterocycles. The minimum atomic E-state index is -1.10. The maximum atomic E-state index is 15.2. The fourth-order valence-corrected chi connectivity index (χ4v) is 6.24. The fourth-order valence-electron chi connectivity index (χ4n) is 5.96. The topological polar surface area (TPSA) is 131 Å². The average molecular weight is 643 g/mol. The first kappa shape index (κ1) is 30.0. The van der Waals surface area contributed by atoms with E-state index in [2.05, 4.69) is 37.3 Å². The highest BCUT2D eigenvalue weighted by atomic mass is 35.5. The van der Waals surface area contributed by atoms with Gasteiger partial charge in [-0.05, 0) is 42.7 Å². The number of fused-ring (bicyclic) bond motifs is 1. The van der Waals surface area contributed by atoms with Gasteiger partial charge >= 0.3 is 0 Å². The van der Waals surface area contributed by atoms with Crippen LogP contribution in [0.25, 0.3) is 5.65 Å². The van der Waals surface area contributed by atoms with Gasteiger partial charge in [-0.15, -0.1) is 5.10 Å². The summed E-state index contributed by atoms with van der Waals surface area (Å²) in [6, 6.07) is 16.0. The van der Waals surface area contributed by atoms with Gasteiger partial charge in [0.2, 0.25) is 5.95 Å². The van der Waals surface area contributed by atoms with E-state index in [1.807, 2.05) is 29.2 Å². The van der Waals surface area contributed by atoms with E-state index in [0.29, 0.717) is 72.8 Å². The minimum absolute atomic E-state index is 0.146. The number of anilines is 4. The molecule has 1 unspecified atom stereocenters. The zero-order valence-electron chi connectivity index (χ0n) is 25.2. The predicted molar refractivity (Wildman–Crippen MR) is 170 cm³/mol. The molecular weight excluding hydrogens is 611 g/mol. The van der Waals surface area contributed by atoms with Crippen LogP contribution in [0, 0.1) is 22.7 Å². The first-order valence-corrected chi connectivity index (χ1v) is 15.6. The molecule has 0 radical (unpaired) electrons. The number of nitriles is 2. The molecule has 2 aromatic heterocycles. The lowest BCUT2D eigenvalue weighted by Gasteiger charge is -2.36. The average Bonchev–Trinajstić information content (AvgIpc) is 3.83. The van der Waals surface area contributed by atoms with Crippen molar-refractivity contribution >= 4 is 40.4 Å². The molecule has 7 rings (SSSR count). The molecule has 1 N–H and O–H groups in total. The number of nitrogens with zero attached hydrogens (tertiary/aromatic N) is 9. The van der Waals surface area contributed by atoms with Gasteiger partial charge in [0, 0.05) is 32.2 Å². The Morgan fingerprint density at radius 3 is 2.61 bits per heavy atom. The standard InChI is InChI=1S/C32H32ClFN10O2/c1-45-26-6-2-20(3-7-26)15-43(23-4-5-23)31-30-37-14-24(13-36)44(30)40-32(39-31)38-27-10-21(12-35)11-28(29(27)33)42-9-8-41(16-22(34)17-42)25-18-46-19-25/h2-3,6-7,10-11,14,22-23,25H,4-5,8-9,15-19H2,1H3,(H,38,40). The lowest BCUT2D eigenvalue weighted by atomic mass is 10.1. The van der Waals surface area contributed by atoms with E-state index in [4.69, 9.17) is 26.1 Å². The monoisotopic (exact) mass is 642 g/mol. The van der Waals surface area contributed by atoms with Crippen molar-refractivity contribution in [2.24, 2.45) is 0 Å². The summed E-state index contributed by atoms with van der Waals surface area (Å²) in [6.07, 6.45) is 2.37. The number of benzene rings is 2. The van der Waals surface area contributed by atoms with Gasteiger partial charge in [0.25, 0.3) is 0 Å². The summed E-state index contributed by atoms with van der Waals surface area (Å²) in [5, 5.41) is 27.9. The second-order valence-electron chi connectivity index (χ2n) is 11.8. The van der Waals surface area contributed by atoms with Crippen LogP contribution in [-0.4, -0.2) is 89.2 Å². The van der Waals surface area contributed by atoms with Crippen LogP contribution in [0.5, 0.6) is 5.75 Å². The largest absolute Gasteiger partial charge is 0.497 e. The van der Waals surface area contributed by atoms with Crippen molar-refractivity contribution in [3.8, 4) is 17.9 Å². The number of methoxy groups -OCH3 is 1. The Hall–Kier alpha value is -4.69. The number of hydrogen-bond acceptors (Lipinski definition) is 11. The fraction of sp³-hybridized carbons (Fsp3) is 0.406. The number of imidazole rings is 1. The Bertz CT molecular complexity index is 1830. The van der Waals surface area contributed by atoms with E-state index < -0.39 is 6.17 Å². The Morgan fingerprint density at radius 1 is 1.13 bits per heavy atom. The molecule has 2 aromatic carbocycles. The van der Waals surface area contributed by atoms with Crippen molar-refractivity contribution in [3.63, 3.8) is 0 Å². The van der Waals surface area contributed by atoms with Crippen LogP contribution in [0.3, 0.4) is 0 Å². The molecule has 2 saturated heterocycles. The van der Waals surface area contributed by atoms with E-state index in [-0.39, 0.29) is 30.3 Å². The van der Waals surface area contributed by atoms with Gasteiger partial charge in [-0.1, -0.05) is 23.7 Å². The number of nitrogens with one attached hydrogen (secondary N) is 1. The molecule has 4 heterocycles. The summed E-state index contributed by atoms with van der Waals surface area (Å²) < 4.78 is 27.3. The molecule has 12 nitrogen and oxygen atoms in total. The summed E-state index contributed by atoms with van der Waals surface area (Å²) in [6.45, 7) is 3.44. The highest BCUT2D eigenvalue weighted by Crippen LogP contribution is 2.38. The first-order valence-electron chi connectivity index (χ1n) is 15.2. The Balaban J connectivity index is 1.24. The number of ether oxygens (including phenoxy) is 2. The number of alkyl halides is 1. The summed E-state index contributed by atoms with van der Waals surface area (Å²) in [5.74, 6) is 1.52. The van der Waals surface area contributed by atoms with Crippen LogP contribution >= 0.6 is 11.6 Å². The molecule has 3 fully saturated rings. The highest BCUT2D eigenvalue weighted by Gasteiger charge is 2.34. The highest BCUT2D eigenvalue weighted by molar-refractivity contribution is 6.36. The number of aromatic nitrogens is 4. The Kier molecular flexibility index (Phi) is 8.21. The van der Waals surface area contributed by atoms with E-state index in [9.17, 15) is 10.5 Å². The van der Waals surface area contributed by atoms with Crippen molar-refractivity contribution in [2.75, 3.05) is 61.6 Å². The summed E-state index contributed by atoms with van der Waals surface area (Å²) in [5.41, 5.74) is 3.08.